The Morgan fingerprint density at radius 1 is 1.31 bits per heavy atom. The van der Waals surface area contributed by atoms with Gasteiger partial charge in [-0.15, -0.1) is 0 Å². The Kier molecular flexibility index (Phi) is 5.42. The van der Waals surface area contributed by atoms with Crippen LogP contribution in [0.4, 0.5) is 5.95 Å². The molecule has 1 saturated heterocycles. The van der Waals surface area contributed by atoms with Crippen molar-refractivity contribution in [3.8, 4) is 17.7 Å². The maximum Gasteiger partial charge on any atom is 0.228 e. The number of anilines is 1. The quantitative estimate of drug-likeness (QED) is 0.769. The second-order valence-corrected chi connectivity index (χ2v) is 7.06. The highest BCUT2D eigenvalue weighted by molar-refractivity contribution is 5.79. The van der Waals surface area contributed by atoms with Crippen LogP contribution >= 0.6 is 0 Å². The number of hydrogen-bond acceptors (Lipinski definition) is 8. The van der Waals surface area contributed by atoms with Crippen LogP contribution in [-0.2, 0) is 11.3 Å². The van der Waals surface area contributed by atoms with Crippen LogP contribution in [0.1, 0.15) is 24.0 Å². The number of nitriles is 1. The number of fused-ring (bicyclic) bond motifs is 1. The van der Waals surface area contributed by atoms with Gasteiger partial charge >= 0.3 is 0 Å². The third kappa shape index (κ3) is 3.92. The molecule has 1 amide bonds. The molecule has 2 aliphatic rings. The van der Waals surface area contributed by atoms with Gasteiger partial charge in [0.05, 0.1) is 20.2 Å². The highest BCUT2D eigenvalue weighted by Gasteiger charge is 2.31. The highest BCUT2D eigenvalue weighted by Crippen LogP contribution is 2.28. The monoisotopic (exact) mass is 394 g/mol. The number of carbonyl (C=O) groups excluding carboxylic acids is 1. The summed E-state index contributed by atoms with van der Waals surface area (Å²) in [5, 5.41) is 9.24. The van der Waals surface area contributed by atoms with E-state index in [4.69, 9.17) is 9.47 Å². The van der Waals surface area contributed by atoms with E-state index < -0.39 is 0 Å². The van der Waals surface area contributed by atoms with E-state index in [1.54, 1.807) is 25.6 Å². The van der Waals surface area contributed by atoms with E-state index in [1.807, 2.05) is 4.90 Å². The fourth-order valence-electron chi connectivity index (χ4n) is 3.77. The second kappa shape index (κ2) is 8.31. The molecule has 150 valence electrons. The average Bonchev–Trinajstić information content (AvgIpc) is 3.01. The molecule has 0 aliphatic carbocycles. The largest absolute Gasteiger partial charge is 0.490 e. The van der Waals surface area contributed by atoms with E-state index in [9.17, 15) is 10.1 Å². The van der Waals surface area contributed by atoms with Gasteiger partial charge in [0.15, 0.2) is 0 Å². The van der Waals surface area contributed by atoms with Gasteiger partial charge in [-0.25, -0.2) is 4.98 Å². The first-order chi connectivity index (χ1) is 14.2. The maximum absolute atomic E-state index is 13.1. The molecule has 0 N–H and O–H groups in total. The molecular formula is C20H22N6O3. The van der Waals surface area contributed by atoms with Crippen molar-refractivity contribution in [1.29, 1.82) is 5.26 Å². The summed E-state index contributed by atoms with van der Waals surface area (Å²) in [7, 11) is 1.58. The van der Waals surface area contributed by atoms with Crippen molar-refractivity contribution in [1.82, 2.24) is 19.9 Å². The van der Waals surface area contributed by atoms with Gasteiger partial charge in [-0.3, -0.25) is 9.78 Å². The zero-order chi connectivity index (χ0) is 20.2. The predicted molar refractivity (Wildman–Crippen MR) is 103 cm³/mol. The number of rotatable bonds is 3. The van der Waals surface area contributed by atoms with Gasteiger partial charge in [-0.1, -0.05) is 0 Å². The first kappa shape index (κ1) is 18.9. The van der Waals surface area contributed by atoms with Crippen LogP contribution in [0.15, 0.2) is 24.7 Å². The van der Waals surface area contributed by atoms with Gasteiger partial charge < -0.3 is 19.3 Å². The van der Waals surface area contributed by atoms with Crippen LogP contribution in [0.5, 0.6) is 11.6 Å². The molecule has 0 atom stereocenters. The number of piperidine rings is 1. The van der Waals surface area contributed by atoms with Crippen LogP contribution in [0.25, 0.3) is 0 Å². The molecule has 1 fully saturated rings. The maximum atomic E-state index is 13.1. The van der Waals surface area contributed by atoms with Crippen molar-refractivity contribution >= 4 is 11.9 Å². The molecule has 0 aromatic carbocycles. The van der Waals surface area contributed by atoms with E-state index in [0.717, 1.165) is 18.4 Å². The lowest BCUT2D eigenvalue weighted by Gasteiger charge is -2.33. The summed E-state index contributed by atoms with van der Waals surface area (Å²) >= 11 is 0. The van der Waals surface area contributed by atoms with Crippen molar-refractivity contribution in [2.45, 2.75) is 19.4 Å². The zero-order valence-corrected chi connectivity index (χ0v) is 16.2. The summed E-state index contributed by atoms with van der Waals surface area (Å²) in [6, 6.07) is 3.82. The molecule has 4 rings (SSSR count). The number of methoxy groups -OCH3 is 1. The molecule has 2 aliphatic heterocycles. The predicted octanol–water partition coefficient (Wildman–Crippen LogP) is 1.39. The lowest BCUT2D eigenvalue weighted by Crippen LogP contribution is -2.43. The van der Waals surface area contributed by atoms with Crippen molar-refractivity contribution in [2.75, 3.05) is 38.3 Å². The Balaban J connectivity index is 1.41. The molecule has 9 heteroatoms. The lowest BCUT2D eigenvalue weighted by atomic mass is 9.95. The van der Waals surface area contributed by atoms with Crippen molar-refractivity contribution < 1.29 is 14.3 Å². The Labute approximate surface area is 168 Å². The molecule has 0 saturated carbocycles. The summed E-state index contributed by atoms with van der Waals surface area (Å²) < 4.78 is 10.9. The van der Waals surface area contributed by atoms with Crippen LogP contribution in [0.2, 0.25) is 0 Å². The number of carbonyl (C=O) groups is 1. The molecule has 2 aromatic heterocycles. The Morgan fingerprint density at radius 2 is 2.14 bits per heavy atom. The van der Waals surface area contributed by atoms with Crippen LogP contribution in [0.3, 0.4) is 0 Å². The topological polar surface area (TPSA) is 104 Å². The van der Waals surface area contributed by atoms with Crippen LogP contribution in [0, 0.1) is 17.2 Å². The number of nitrogens with zero attached hydrogens (tertiary/aromatic N) is 6. The number of hydrogen-bond donors (Lipinski definition) is 0. The standard InChI is InChI=1S/C20H22N6O3/c1-28-17-2-5-23-20(24-17)25-6-3-14(4-7-25)19(27)26-8-9-29-18-15(10-21)11-22-12-16(18)13-26/h2,5,11-12,14H,3-4,6-9,13H2,1H3. The molecule has 4 heterocycles. The van der Waals surface area contributed by atoms with Crippen molar-refractivity contribution in [3.05, 3.63) is 35.8 Å². The summed E-state index contributed by atoms with van der Waals surface area (Å²) in [6.45, 7) is 2.71. The fraction of sp³-hybridized carbons (Fsp3) is 0.450. The third-order valence-electron chi connectivity index (χ3n) is 5.32. The molecule has 2 aromatic rings. The van der Waals surface area contributed by atoms with Gasteiger partial charge in [0.25, 0.3) is 0 Å². The molecule has 0 spiro atoms. The molecular weight excluding hydrogens is 372 g/mol. The van der Waals surface area contributed by atoms with Gasteiger partial charge in [0.1, 0.15) is 24.0 Å². The normalized spacial score (nSPS) is 17.0. The summed E-state index contributed by atoms with van der Waals surface area (Å²) in [6.07, 6.45) is 6.31. The molecule has 0 radical (unpaired) electrons. The minimum atomic E-state index is -0.0504. The minimum absolute atomic E-state index is 0.0504. The van der Waals surface area contributed by atoms with Gasteiger partial charge in [0, 0.05) is 49.2 Å². The average molecular weight is 394 g/mol. The number of ether oxygens (including phenoxy) is 2. The van der Waals surface area contributed by atoms with E-state index in [1.165, 1.54) is 6.20 Å². The summed E-state index contributed by atoms with van der Waals surface area (Å²) in [4.78, 5) is 29.8. The lowest BCUT2D eigenvalue weighted by molar-refractivity contribution is -0.137. The van der Waals surface area contributed by atoms with E-state index >= 15 is 0 Å². The van der Waals surface area contributed by atoms with Gasteiger partial charge in [0.2, 0.25) is 17.7 Å². The fourth-order valence-corrected chi connectivity index (χ4v) is 3.77. The molecule has 9 nitrogen and oxygen atoms in total. The minimum Gasteiger partial charge on any atom is -0.490 e. The molecule has 0 unspecified atom stereocenters. The number of amides is 1. The third-order valence-corrected chi connectivity index (χ3v) is 5.32. The number of aromatic nitrogens is 3. The summed E-state index contributed by atoms with van der Waals surface area (Å²) in [5.74, 6) is 1.77. The van der Waals surface area contributed by atoms with Crippen molar-refractivity contribution in [2.24, 2.45) is 5.92 Å². The molecule has 29 heavy (non-hydrogen) atoms. The first-order valence-corrected chi connectivity index (χ1v) is 9.60. The highest BCUT2D eigenvalue weighted by atomic mass is 16.5. The number of pyridine rings is 1. The van der Waals surface area contributed by atoms with Crippen molar-refractivity contribution in [3.63, 3.8) is 0 Å². The Hall–Kier alpha value is -3.41. The Morgan fingerprint density at radius 3 is 2.90 bits per heavy atom. The van der Waals surface area contributed by atoms with E-state index in [-0.39, 0.29) is 11.8 Å². The van der Waals surface area contributed by atoms with E-state index in [2.05, 4.69) is 25.9 Å². The zero-order valence-electron chi connectivity index (χ0n) is 16.2. The molecule has 0 bridgehead atoms. The van der Waals surface area contributed by atoms with Crippen LogP contribution in [-0.4, -0.2) is 59.1 Å². The van der Waals surface area contributed by atoms with Crippen LogP contribution < -0.4 is 14.4 Å². The SMILES string of the molecule is COc1ccnc(N2CCC(C(=O)N3CCOc4c(C#N)cncc4C3)CC2)n1. The van der Waals surface area contributed by atoms with Gasteiger partial charge in [-0.05, 0) is 12.8 Å². The smallest absolute Gasteiger partial charge is 0.228 e. The van der Waals surface area contributed by atoms with Gasteiger partial charge in [-0.2, -0.15) is 10.2 Å². The first-order valence-electron chi connectivity index (χ1n) is 9.60. The second-order valence-electron chi connectivity index (χ2n) is 7.06. The van der Waals surface area contributed by atoms with E-state index in [0.29, 0.717) is 55.9 Å². The summed E-state index contributed by atoms with van der Waals surface area (Å²) in [5.41, 5.74) is 1.18. The Bertz CT molecular complexity index is 936.